The molecular weight excluding hydrogens is 468 g/mol. The van der Waals surface area contributed by atoms with Gasteiger partial charge in [-0.05, 0) is 82.1 Å². The summed E-state index contributed by atoms with van der Waals surface area (Å²) in [5.74, 6) is -0.792. The maximum absolute atomic E-state index is 13.6. The number of allylic oxidation sites excluding steroid dienone is 1. The first kappa shape index (κ1) is 29.9. The van der Waals surface area contributed by atoms with Gasteiger partial charge in [0.05, 0.1) is 25.8 Å². The summed E-state index contributed by atoms with van der Waals surface area (Å²) in [6.07, 6.45) is -0.650. The molecule has 0 saturated carbocycles. The van der Waals surface area contributed by atoms with Crippen LogP contribution in [0.5, 0.6) is 0 Å². The Kier molecular flexibility index (Phi) is 8.47. The molecule has 2 fully saturated rings. The van der Waals surface area contributed by atoms with E-state index in [0.717, 1.165) is 5.57 Å². The molecule has 2 rings (SSSR count). The van der Waals surface area contributed by atoms with Gasteiger partial charge in [-0.15, -0.1) is 0 Å². The van der Waals surface area contributed by atoms with Gasteiger partial charge in [-0.1, -0.05) is 11.6 Å². The van der Waals surface area contributed by atoms with Gasteiger partial charge in [-0.25, -0.2) is 14.4 Å². The molecule has 10 heteroatoms. The molecule has 10 nitrogen and oxygen atoms in total. The highest BCUT2D eigenvalue weighted by atomic mass is 16.6. The summed E-state index contributed by atoms with van der Waals surface area (Å²) in [5.41, 5.74) is -3.65. The number of esters is 1. The zero-order valence-electron chi connectivity index (χ0n) is 23.6. The maximum atomic E-state index is 13.6. The monoisotopic (exact) mass is 512 g/mol. The van der Waals surface area contributed by atoms with Crippen LogP contribution in [0.2, 0.25) is 0 Å². The lowest BCUT2D eigenvalue weighted by atomic mass is 9.84. The highest BCUT2D eigenvalue weighted by molar-refractivity contribution is 5.88. The Balaban J connectivity index is 2.64. The van der Waals surface area contributed by atoms with Gasteiger partial charge in [-0.3, -0.25) is 9.80 Å². The smallest absolute Gasteiger partial charge is 0.412 e. The van der Waals surface area contributed by atoms with Gasteiger partial charge < -0.3 is 24.1 Å². The predicted molar refractivity (Wildman–Crippen MR) is 133 cm³/mol. The van der Waals surface area contributed by atoms with Crippen molar-refractivity contribution in [3.05, 3.63) is 11.6 Å². The van der Waals surface area contributed by atoms with Crippen molar-refractivity contribution in [1.29, 1.82) is 0 Å². The zero-order chi connectivity index (χ0) is 27.9. The minimum absolute atomic E-state index is 0.0678. The highest BCUT2D eigenvalue weighted by Gasteiger charge is 2.64. The molecule has 1 N–H and O–H groups in total. The summed E-state index contributed by atoms with van der Waals surface area (Å²) in [6, 6.07) is -1.52. The second-order valence-corrected chi connectivity index (χ2v) is 12.2. The van der Waals surface area contributed by atoms with Gasteiger partial charge in [0.15, 0.2) is 5.54 Å². The molecule has 4 atom stereocenters. The van der Waals surface area contributed by atoms with Crippen LogP contribution in [0.1, 0.15) is 82.1 Å². The summed E-state index contributed by atoms with van der Waals surface area (Å²) < 4.78 is 22.3. The molecule has 36 heavy (non-hydrogen) atoms. The van der Waals surface area contributed by atoms with Crippen LogP contribution in [0.4, 0.5) is 9.59 Å². The highest BCUT2D eigenvalue weighted by Crippen LogP contribution is 2.44. The van der Waals surface area contributed by atoms with E-state index < -0.39 is 58.8 Å². The fourth-order valence-electron chi connectivity index (χ4n) is 4.90. The molecule has 0 aromatic rings. The average molecular weight is 513 g/mol. The minimum Gasteiger partial charge on any atom is -0.467 e. The fourth-order valence-corrected chi connectivity index (χ4v) is 4.90. The molecule has 206 valence electrons. The summed E-state index contributed by atoms with van der Waals surface area (Å²) >= 11 is 0. The van der Waals surface area contributed by atoms with Crippen molar-refractivity contribution in [2.45, 2.75) is 123 Å². The van der Waals surface area contributed by atoms with Crippen LogP contribution in [-0.4, -0.2) is 87.4 Å². The van der Waals surface area contributed by atoms with Crippen molar-refractivity contribution in [2.24, 2.45) is 0 Å². The number of aliphatic hydroxyl groups excluding tert-OH is 1. The molecule has 2 heterocycles. The zero-order valence-corrected chi connectivity index (χ0v) is 23.6. The van der Waals surface area contributed by atoms with Crippen LogP contribution in [0.15, 0.2) is 11.6 Å². The van der Waals surface area contributed by atoms with Crippen molar-refractivity contribution in [2.75, 3.05) is 13.7 Å². The lowest BCUT2D eigenvalue weighted by Crippen LogP contribution is -2.68. The Hall–Kier alpha value is -2.33. The van der Waals surface area contributed by atoms with Crippen molar-refractivity contribution in [3.63, 3.8) is 0 Å². The van der Waals surface area contributed by atoms with E-state index in [1.54, 1.807) is 55.4 Å². The first-order valence-corrected chi connectivity index (χ1v) is 12.4. The molecule has 0 aliphatic carbocycles. The van der Waals surface area contributed by atoms with E-state index >= 15 is 0 Å². The molecule has 2 aliphatic rings. The summed E-state index contributed by atoms with van der Waals surface area (Å²) in [4.78, 5) is 42.9. The Morgan fingerprint density at radius 3 is 1.94 bits per heavy atom. The fraction of sp³-hybridized carbons (Fsp3) is 0.808. The quantitative estimate of drug-likeness (QED) is 0.342. The average Bonchev–Trinajstić information content (AvgIpc) is 3.21. The number of methoxy groups -OCH3 is 1. The molecule has 2 aliphatic heterocycles. The maximum Gasteiger partial charge on any atom is 0.412 e. The van der Waals surface area contributed by atoms with Crippen molar-refractivity contribution < 1.29 is 38.4 Å². The van der Waals surface area contributed by atoms with Crippen molar-refractivity contribution in [3.8, 4) is 0 Å². The van der Waals surface area contributed by atoms with E-state index in [-0.39, 0.29) is 13.0 Å². The summed E-state index contributed by atoms with van der Waals surface area (Å²) in [6.45, 7) is 17.5. The summed E-state index contributed by atoms with van der Waals surface area (Å²) in [5, 5.41) is 11.9. The third-order valence-electron chi connectivity index (χ3n) is 6.20. The SMILES string of the molecule is COC(=O)[C@]1([C@H](O)[C@@H]2COC(C)(C)N2C(=O)OC(C)(C)C)CC[C@H](C=C(C)C)N1C(=O)OC(C)(C)C. The van der Waals surface area contributed by atoms with E-state index in [0.29, 0.717) is 6.42 Å². The van der Waals surface area contributed by atoms with E-state index in [1.807, 2.05) is 19.9 Å². The Labute approximate surface area is 214 Å². The third kappa shape index (κ3) is 6.14. The predicted octanol–water partition coefficient (Wildman–Crippen LogP) is 4.00. The normalized spacial score (nSPS) is 26.9. The molecule has 0 aromatic heterocycles. The van der Waals surface area contributed by atoms with E-state index in [1.165, 1.54) is 16.9 Å². The van der Waals surface area contributed by atoms with Gasteiger partial charge in [0.2, 0.25) is 0 Å². The van der Waals surface area contributed by atoms with Gasteiger partial charge in [-0.2, -0.15) is 0 Å². The van der Waals surface area contributed by atoms with Crippen LogP contribution in [-0.2, 0) is 23.7 Å². The number of ether oxygens (including phenoxy) is 4. The first-order valence-electron chi connectivity index (χ1n) is 12.4. The number of nitrogens with zero attached hydrogens (tertiary/aromatic N) is 2. The molecule has 2 saturated heterocycles. The molecule has 0 bridgehead atoms. The molecular formula is C26H44N2O8. The summed E-state index contributed by atoms with van der Waals surface area (Å²) in [7, 11) is 1.21. The van der Waals surface area contributed by atoms with E-state index in [9.17, 15) is 19.5 Å². The number of carbonyl (C=O) groups is 3. The van der Waals surface area contributed by atoms with Gasteiger partial charge in [0.1, 0.15) is 23.0 Å². The Bertz CT molecular complexity index is 881. The van der Waals surface area contributed by atoms with Crippen molar-refractivity contribution in [1.82, 2.24) is 9.80 Å². The van der Waals surface area contributed by atoms with Gasteiger partial charge in [0.25, 0.3) is 0 Å². The molecule has 2 amide bonds. The number of hydrogen-bond donors (Lipinski definition) is 1. The second-order valence-electron chi connectivity index (χ2n) is 12.2. The number of aliphatic hydroxyl groups is 1. The van der Waals surface area contributed by atoms with Crippen LogP contribution >= 0.6 is 0 Å². The van der Waals surface area contributed by atoms with Gasteiger partial charge >= 0.3 is 18.2 Å². The number of likely N-dealkylation sites (tertiary alicyclic amines) is 1. The van der Waals surface area contributed by atoms with Crippen LogP contribution in [0, 0.1) is 0 Å². The largest absolute Gasteiger partial charge is 0.467 e. The van der Waals surface area contributed by atoms with Crippen LogP contribution in [0.3, 0.4) is 0 Å². The number of carbonyl (C=O) groups excluding carboxylic acids is 3. The number of rotatable bonds is 4. The second kappa shape index (κ2) is 10.2. The standard InChI is InChI=1S/C26H44N2O8/c1-16(2)14-17-12-13-26(20(30)33-11,27(17)21(31)35-23(3,4)5)19(29)18-15-34-25(9,10)28(18)22(32)36-24(6,7)8/h14,17-19,29H,12-13,15H2,1-11H3/t17-,18+,19-,26-/m1/s1. The van der Waals surface area contributed by atoms with E-state index in [2.05, 4.69) is 0 Å². The lowest BCUT2D eigenvalue weighted by molar-refractivity contribution is -0.165. The Morgan fingerprint density at radius 2 is 1.50 bits per heavy atom. The van der Waals surface area contributed by atoms with Crippen LogP contribution in [0.25, 0.3) is 0 Å². The first-order chi connectivity index (χ1) is 16.3. The third-order valence-corrected chi connectivity index (χ3v) is 6.20. The number of hydrogen-bond acceptors (Lipinski definition) is 8. The lowest BCUT2D eigenvalue weighted by Gasteiger charge is -2.45. The number of amides is 2. The molecule has 0 aromatic carbocycles. The van der Waals surface area contributed by atoms with E-state index in [4.69, 9.17) is 18.9 Å². The van der Waals surface area contributed by atoms with Gasteiger partial charge in [0, 0.05) is 0 Å². The topological polar surface area (TPSA) is 115 Å². The molecule has 0 spiro atoms. The van der Waals surface area contributed by atoms with Crippen molar-refractivity contribution >= 4 is 18.2 Å². The minimum atomic E-state index is -1.82. The molecule has 0 unspecified atom stereocenters. The van der Waals surface area contributed by atoms with Crippen LogP contribution < -0.4 is 0 Å². The Morgan fingerprint density at radius 1 is 1.00 bits per heavy atom. The molecule has 0 radical (unpaired) electrons.